The summed E-state index contributed by atoms with van der Waals surface area (Å²) in [5.41, 5.74) is 3.42. The van der Waals surface area contributed by atoms with Crippen LogP contribution in [0, 0.1) is 12.8 Å². The summed E-state index contributed by atoms with van der Waals surface area (Å²) in [6, 6.07) is 16.1. The zero-order valence-corrected chi connectivity index (χ0v) is 16.7. The van der Waals surface area contributed by atoms with Crippen LogP contribution in [0.25, 0.3) is 0 Å². The van der Waals surface area contributed by atoms with Crippen molar-refractivity contribution >= 4 is 5.91 Å². The van der Waals surface area contributed by atoms with Gasteiger partial charge in [-0.2, -0.15) is 4.80 Å². The summed E-state index contributed by atoms with van der Waals surface area (Å²) < 4.78 is 5.22. The molecule has 0 aliphatic heterocycles. The van der Waals surface area contributed by atoms with E-state index in [9.17, 15) is 4.79 Å². The molecule has 1 N–H and O–H groups in total. The number of nitrogens with zero attached hydrogens (tertiary/aromatic N) is 4. The topological polar surface area (TPSA) is 81.9 Å². The van der Waals surface area contributed by atoms with Crippen LogP contribution >= 0.6 is 0 Å². The second kappa shape index (κ2) is 8.43. The predicted octanol–water partition coefficient (Wildman–Crippen LogP) is 2.85. The molecule has 0 spiro atoms. The Morgan fingerprint density at radius 3 is 2.55 bits per heavy atom. The van der Waals surface area contributed by atoms with Crippen molar-refractivity contribution in [2.75, 3.05) is 7.11 Å². The SMILES string of the molecule is COc1ccc(C(NC(=O)Cn2nnc(Cc3ccc(C)cc3)n2)C2CC2)cc1. The maximum Gasteiger partial charge on any atom is 0.244 e. The summed E-state index contributed by atoms with van der Waals surface area (Å²) in [6.07, 6.45) is 2.84. The van der Waals surface area contributed by atoms with Gasteiger partial charge in [-0.1, -0.05) is 42.0 Å². The number of tetrazole rings is 1. The number of aryl methyl sites for hydroxylation is 1. The van der Waals surface area contributed by atoms with Crippen LogP contribution in [0.5, 0.6) is 5.75 Å². The number of methoxy groups -OCH3 is 1. The fraction of sp³-hybridized carbons (Fsp3) is 0.364. The van der Waals surface area contributed by atoms with Crippen molar-refractivity contribution in [3.8, 4) is 5.75 Å². The number of ether oxygens (including phenoxy) is 1. The first-order chi connectivity index (χ1) is 14.1. The highest BCUT2D eigenvalue weighted by Crippen LogP contribution is 2.41. The van der Waals surface area contributed by atoms with Crippen molar-refractivity contribution in [2.45, 2.75) is 38.8 Å². The number of benzene rings is 2. The largest absolute Gasteiger partial charge is 0.497 e. The van der Waals surface area contributed by atoms with Gasteiger partial charge in [-0.15, -0.1) is 10.2 Å². The van der Waals surface area contributed by atoms with E-state index in [1.165, 1.54) is 10.4 Å². The highest BCUT2D eigenvalue weighted by Gasteiger charge is 2.33. The Bertz CT molecular complexity index is 962. The van der Waals surface area contributed by atoms with Gasteiger partial charge in [-0.05, 0) is 54.2 Å². The molecule has 1 saturated carbocycles. The van der Waals surface area contributed by atoms with Gasteiger partial charge in [0, 0.05) is 6.42 Å². The molecule has 150 valence electrons. The minimum absolute atomic E-state index is 0.00366. The average molecular weight is 391 g/mol. The standard InChI is InChI=1S/C22H25N5O2/c1-15-3-5-16(6-4-15)13-20-24-26-27(25-20)14-21(28)23-22(17-7-8-17)18-9-11-19(29-2)12-10-18/h3-6,9-12,17,22H,7-8,13-14H2,1-2H3,(H,23,28). The van der Waals surface area contributed by atoms with Crippen LogP contribution in [0.3, 0.4) is 0 Å². The fourth-order valence-corrected chi connectivity index (χ4v) is 3.36. The van der Waals surface area contributed by atoms with Crippen molar-refractivity contribution in [2.24, 2.45) is 5.92 Å². The van der Waals surface area contributed by atoms with Crippen LogP contribution in [-0.4, -0.2) is 33.2 Å². The number of carbonyl (C=O) groups is 1. The van der Waals surface area contributed by atoms with Crippen LogP contribution in [0.4, 0.5) is 0 Å². The highest BCUT2D eigenvalue weighted by molar-refractivity contribution is 5.76. The molecule has 2 aromatic carbocycles. The fourth-order valence-electron chi connectivity index (χ4n) is 3.36. The van der Waals surface area contributed by atoms with E-state index >= 15 is 0 Å². The van der Waals surface area contributed by atoms with E-state index in [-0.39, 0.29) is 18.5 Å². The van der Waals surface area contributed by atoms with Crippen LogP contribution in [-0.2, 0) is 17.8 Å². The Hall–Kier alpha value is -3.22. The Kier molecular flexibility index (Phi) is 5.55. The number of hydrogen-bond donors (Lipinski definition) is 1. The summed E-state index contributed by atoms with van der Waals surface area (Å²) in [6.45, 7) is 2.11. The Labute approximate surface area is 170 Å². The molecular weight excluding hydrogens is 366 g/mol. The van der Waals surface area contributed by atoms with E-state index in [1.807, 2.05) is 24.3 Å². The molecule has 3 aromatic rings. The predicted molar refractivity (Wildman–Crippen MR) is 108 cm³/mol. The number of hydrogen-bond acceptors (Lipinski definition) is 5. The van der Waals surface area contributed by atoms with Gasteiger partial charge >= 0.3 is 0 Å². The first kappa shape index (κ1) is 19.1. The van der Waals surface area contributed by atoms with Crippen molar-refractivity contribution in [1.82, 2.24) is 25.5 Å². The molecule has 1 fully saturated rings. The average Bonchev–Trinajstić information content (AvgIpc) is 3.49. The van der Waals surface area contributed by atoms with Crippen LogP contribution in [0.2, 0.25) is 0 Å². The minimum atomic E-state index is -0.114. The Morgan fingerprint density at radius 2 is 1.90 bits per heavy atom. The van der Waals surface area contributed by atoms with Gasteiger partial charge in [-0.25, -0.2) is 0 Å². The molecule has 1 atom stereocenters. The minimum Gasteiger partial charge on any atom is -0.497 e. The van der Waals surface area contributed by atoms with E-state index in [1.54, 1.807) is 7.11 Å². The molecule has 4 rings (SSSR count). The van der Waals surface area contributed by atoms with Gasteiger partial charge in [0.25, 0.3) is 0 Å². The number of rotatable bonds is 8. The van der Waals surface area contributed by atoms with E-state index < -0.39 is 0 Å². The molecule has 7 nitrogen and oxygen atoms in total. The lowest BCUT2D eigenvalue weighted by molar-refractivity contribution is -0.123. The monoisotopic (exact) mass is 391 g/mol. The first-order valence-corrected chi connectivity index (χ1v) is 9.86. The zero-order valence-electron chi connectivity index (χ0n) is 16.7. The molecule has 1 amide bonds. The smallest absolute Gasteiger partial charge is 0.244 e. The van der Waals surface area contributed by atoms with E-state index in [2.05, 4.69) is 51.9 Å². The number of carbonyl (C=O) groups excluding carboxylic acids is 1. The lowest BCUT2D eigenvalue weighted by atomic mass is 10.0. The Balaban J connectivity index is 1.37. The molecule has 1 aliphatic rings. The lowest BCUT2D eigenvalue weighted by Gasteiger charge is -2.19. The molecule has 1 unspecified atom stereocenters. The summed E-state index contributed by atoms with van der Waals surface area (Å²) in [7, 11) is 1.65. The van der Waals surface area contributed by atoms with E-state index in [4.69, 9.17) is 4.74 Å². The van der Waals surface area contributed by atoms with E-state index in [0.29, 0.717) is 18.2 Å². The molecule has 0 radical (unpaired) electrons. The Morgan fingerprint density at radius 1 is 1.17 bits per heavy atom. The second-order valence-electron chi connectivity index (χ2n) is 7.55. The highest BCUT2D eigenvalue weighted by atomic mass is 16.5. The van der Waals surface area contributed by atoms with Crippen molar-refractivity contribution in [3.05, 3.63) is 71.0 Å². The third-order valence-corrected chi connectivity index (χ3v) is 5.15. The number of nitrogens with one attached hydrogen (secondary N) is 1. The van der Waals surface area contributed by atoms with Gasteiger partial charge in [0.15, 0.2) is 5.82 Å². The first-order valence-electron chi connectivity index (χ1n) is 9.86. The molecule has 29 heavy (non-hydrogen) atoms. The number of amides is 1. The van der Waals surface area contributed by atoms with Gasteiger partial charge in [0.1, 0.15) is 12.3 Å². The van der Waals surface area contributed by atoms with Crippen LogP contribution < -0.4 is 10.1 Å². The third kappa shape index (κ3) is 4.99. The molecule has 1 aromatic heterocycles. The van der Waals surface area contributed by atoms with Gasteiger partial charge in [0.2, 0.25) is 5.91 Å². The molecule has 1 aliphatic carbocycles. The number of aromatic nitrogens is 4. The van der Waals surface area contributed by atoms with E-state index in [0.717, 1.165) is 29.7 Å². The molecular formula is C22H25N5O2. The molecule has 0 bridgehead atoms. The summed E-state index contributed by atoms with van der Waals surface area (Å²) in [4.78, 5) is 14.0. The lowest BCUT2D eigenvalue weighted by Crippen LogP contribution is -2.33. The third-order valence-electron chi connectivity index (χ3n) is 5.15. The summed E-state index contributed by atoms with van der Waals surface area (Å²) in [5, 5.41) is 15.6. The maximum atomic E-state index is 12.6. The van der Waals surface area contributed by atoms with Crippen LogP contribution in [0.1, 0.15) is 41.4 Å². The second-order valence-corrected chi connectivity index (χ2v) is 7.55. The summed E-state index contributed by atoms with van der Waals surface area (Å²) in [5.74, 6) is 1.78. The summed E-state index contributed by atoms with van der Waals surface area (Å²) >= 11 is 0. The normalized spacial score (nSPS) is 14.4. The van der Waals surface area contributed by atoms with Gasteiger partial charge in [0.05, 0.1) is 13.2 Å². The van der Waals surface area contributed by atoms with Crippen molar-refractivity contribution < 1.29 is 9.53 Å². The van der Waals surface area contributed by atoms with Crippen molar-refractivity contribution in [3.63, 3.8) is 0 Å². The maximum absolute atomic E-state index is 12.6. The van der Waals surface area contributed by atoms with Crippen LogP contribution in [0.15, 0.2) is 48.5 Å². The van der Waals surface area contributed by atoms with Gasteiger partial charge < -0.3 is 10.1 Å². The van der Waals surface area contributed by atoms with Gasteiger partial charge in [-0.3, -0.25) is 4.79 Å². The molecule has 7 heteroatoms. The quantitative estimate of drug-likeness (QED) is 0.639. The molecule has 0 saturated heterocycles. The zero-order chi connectivity index (χ0) is 20.2. The molecule has 1 heterocycles. The van der Waals surface area contributed by atoms with Crippen molar-refractivity contribution in [1.29, 1.82) is 0 Å².